The Bertz CT molecular complexity index is 322. The maximum absolute atomic E-state index is 11.5. The molecule has 1 aliphatic heterocycles. The van der Waals surface area contributed by atoms with Crippen molar-refractivity contribution in [1.29, 1.82) is 0 Å². The highest BCUT2D eigenvalue weighted by molar-refractivity contribution is 6.07. The number of carbonyl (C=O) groups is 2. The van der Waals surface area contributed by atoms with E-state index in [0.717, 1.165) is 6.42 Å². The molecule has 1 aromatic rings. The van der Waals surface area contributed by atoms with Crippen molar-refractivity contribution < 1.29 is 9.59 Å². The average Bonchev–Trinajstić information content (AvgIpc) is 2.57. The van der Waals surface area contributed by atoms with E-state index < -0.39 is 0 Å². The zero-order valence-corrected chi connectivity index (χ0v) is 7.09. The lowest BCUT2D eigenvalue weighted by atomic mass is 10.0. The molecule has 2 rings (SSSR count). The van der Waals surface area contributed by atoms with Crippen LogP contribution in [0, 0.1) is 0 Å². The van der Waals surface area contributed by atoms with Gasteiger partial charge in [-0.3, -0.25) is 9.59 Å². The second kappa shape index (κ2) is 3.05. The van der Waals surface area contributed by atoms with Gasteiger partial charge in [0.2, 0.25) is 0 Å². The van der Waals surface area contributed by atoms with E-state index in [1.807, 2.05) is 0 Å². The minimum absolute atomic E-state index is 0.0473. The lowest BCUT2D eigenvalue weighted by Gasteiger charge is -2.09. The van der Waals surface area contributed by atoms with Crippen molar-refractivity contribution in [3.8, 4) is 0 Å². The van der Waals surface area contributed by atoms with Crippen LogP contribution < -0.4 is 5.32 Å². The quantitative estimate of drug-likeness (QED) is 0.615. The Morgan fingerprint density at radius 2 is 2.15 bits per heavy atom. The summed E-state index contributed by atoms with van der Waals surface area (Å²) < 4.78 is 0. The first-order valence-electron chi connectivity index (χ1n) is 4.28. The minimum atomic E-state index is -0.187. The summed E-state index contributed by atoms with van der Waals surface area (Å²) in [6, 6.07) is 1.66. The Morgan fingerprint density at radius 3 is 3.00 bits per heavy atom. The van der Waals surface area contributed by atoms with Gasteiger partial charge in [0.1, 0.15) is 5.69 Å². The zero-order valence-electron chi connectivity index (χ0n) is 7.09. The van der Waals surface area contributed by atoms with Crippen LogP contribution >= 0.6 is 0 Å². The first kappa shape index (κ1) is 8.04. The Balaban J connectivity index is 2.44. The Morgan fingerprint density at radius 1 is 1.31 bits per heavy atom. The van der Waals surface area contributed by atoms with Crippen molar-refractivity contribution in [2.24, 2.45) is 0 Å². The number of ketones is 1. The predicted molar refractivity (Wildman–Crippen MR) is 46.7 cm³/mol. The molecule has 1 aliphatic rings. The summed E-state index contributed by atoms with van der Waals surface area (Å²) in [6.45, 7) is 0.572. The molecule has 1 aromatic heterocycles. The highest BCUT2D eigenvalue weighted by atomic mass is 16.2. The van der Waals surface area contributed by atoms with Gasteiger partial charge in [-0.25, -0.2) is 0 Å². The lowest BCUT2D eigenvalue weighted by Crippen LogP contribution is -2.28. The van der Waals surface area contributed by atoms with Crippen molar-refractivity contribution >= 4 is 11.7 Å². The van der Waals surface area contributed by atoms with Crippen LogP contribution in [-0.2, 0) is 0 Å². The van der Waals surface area contributed by atoms with E-state index in [1.165, 1.54) is 0 Å². The van der Waals surface area contributed by atoms with E-state index in [2.05, 4.69) is 10.3 Å². The number of fused-ring (bicyclic) bond motifs is 1. The normalized spacial score (nSPS) is 17.2. The third kappa shape index (κ3) is 1.35. The molecule has 0 spiro atoms. The highest BCUT2D eigenvalue weighted by Gasteiger charge is 2.19. The summed E-state index contributed by atoms with van der Waals surface area (Å²) in [4.78, 5) is 25.6. The number of hydrogen-bond donors (Lipinski definition) is 2. The molecule has 4 heteroatoms. The Labute approximate surface area is 75.3 Å². The summed E-state index contributed by atoms with van der Waals surface area (Å²) >= 11 is 0. The largest absolute Gasteiger partial charge is 0.357 e. The molecule has 68 valence electrons. The summed E-state index contributed by atoms with van der Waals surface area (Å²) in [6.07, 6.45) is 2.84. The van der Waals surface area contributed by atoms with Crippen LogP contribution in [0.25, 0.3) is 0 Å². The molecule has 4 nitrogen and oxygen atoms in total. The van der Waals surface area contributed by atoms with Gasteiger partial charge < -0.3 is 10.3 Å². The van der Waals surface area contributed by atoms with Crippen molar-refractivity contribution in [3.63, 3.8) is 0 Å². The molecule has 2 N–H and O–H groups in total. The second-order valence-corrected chi connectivity index (χ2v) is 3.05. The number of hydrogen-bond acceptors (Lipinski definition) is 2. The zero-order chi connectivity index (χ0) is 9.26. The van der Waals surface area contributed by atoms with E-state index in [9.17, 15) is 9.59 Å². The van der Waals surface area contributed by atoms with Crippen molar-refractivity contribution in [1.82, 2.24) is 10.3 Å². The lowest BCUT2D eigenvalue weighted by molar-refractivity contribution is 0.0910. The third-order valence-corrected chi connectivity index (χ3v) is 2.14. The highest BCUT2D eigenvalue weighted by Crippen LogP contribution is 2.12. The fourth-order valence-electron chi connectivity index (χ4n) is 1.46. The molecular formula is C9H10N2O2. The predicted octanol–water partition coefficient (Wildman–Crippen LogP) is 0.721. The summed E-state index contributed by atoms with van der Waals surface area (Å²) in [5, 5.41) is 2.72. The van der Waals surface area contributed by atoms with Gasteiger partial charge in [-0.2, -0.15) is 0 Å². The van der Waals surface area contributed by atoms with Crippen LogP contribution in [0.5, 0.6) is 0 Å². The number of H-pyrrole nitrogens is 1. The number of aromatic nitrogens is 1. The monoisotopic (exact) mass is 178 g/mol. The maximum atomic E-state index is 11.5. The van der Waals surface area contributed by atoms with Crippen LogP contribution in [0.15, 0.2) is 12.3 Å². The molecule has 0 saturated heterocycles. The van der Waals surface area contributed by atoms with Crippen molar-refractivity contribution in [2.75, 3.05) is 6.54 Å². The minimum Gasteiger partial charge on any atom is -0.357 e. The van der Waals surface area contributed by atoms with Crippen LogP contribution in [-0.4, -0.2) is 23.2 Å². The Hall–Kier alpha value is -1.58. The van der Waals surface area contributed by atoms with Crippen LogP contribution in [0.2, 0.25) is 0 Å². The number of Topliss-reactive ketones (excluding diaryl/α,β-unsaturated/α-hetero) is 1. The van der Waals surface area contributed by atoms with E-state index in [-0.39, 0.29) is 11.7 Å². The summed E-state index contributed by atoms with van der Waals surface area (Å²) in [5.41, 5.74) is 0.905. The van der Waals surface area contributed by atoms with Gasteiger partial charge >= 0.3 is 0 Å². The van der Waals surface area contributed by atoms with Gasteiger partial charge in [-0.1, -0.05) is 0 Å². The topological polar surface area (TPSA) is 62.0 Å². The molecule has 2 heterocycles. The van der Waals surface area contributed by atoms with Gasteiger partial charge in [0.05, 0.1) is 0 Å². The summed E-state index contributed by atoms with van der Waals surface area (Å²) in [7, 11) is 0. The molecule has 1 amide bonds. The number of aromatic amines is 1. The van der Waals surface area contributed by atoms with Crippen LogP contribution in [0.4, 0.5) is 0 Å². The smallest absolute Gasteiger partial charge is 0.268 e. The van der Waals surface area contributed by atoms with Crippen molar-refractivity contribution in [2.45, 2.75) is 12.8 Å². The average molecular weight is 178 g/mol. The molecule has 0 aromatic carbocycles. The van der Waals surface area contributed by atoms with Gasteiger partial charge in [0.25, 0.3) is 5.91 Å². The molecular weight excluding hydrogens is 168 g/mol. The fraction of sp³-hybridized carbons (Fsp3) is 0.333. The number of rotatable bonds is 0. The van der Waals surface area contributed by atoms with Gasteiger partial charge in [0, 0.05) is 24.7 Å². The van der Waals surface area contributed by atoms with E-state index in [4.69, 9.17) is 0 Å². The number of carbonyl (C=O) groups excluding carboxylic acids is 2. The Kier molecular flexibility index (Phi) is 1.88. The summed E-state index contributed by atoms with van der Waals surface area (Å²) in [5.74, 6) is -0.140. The molecule has 0 radical (unpaired) electrons. The molecule has 0 fully saturated rings. The second-order valence-electron chi connectivity index (χ2n) is 3.05. The first-order valence-corrected chi connectivity index (χ1v) is 4.28. The van der Waals surface area contributed by atoms with Crippen molar-refractivity contribution in [3.05, 3.63) is 23.5 Å². The number of amides is 1. The van der Waals surface area contributed by atoms with E-state index >= 15 is 0 Å². The number of nitrogens with one attached hydrogen (secondary N) is 2. The standard InChI is InChI=1S/C9H10N2O2/c12-7-2-1-4-11-9(13)8-6(7)3-5-10-8/h3,5,10H,1-2,4H2,(H,11,13). The molecule has 0 unspecified atom stereocenters. The van der Waals surface area contributed by atoms with Gasteiger partial charge in [-0.15, -0.1) is 0 Å². The fourth-order valence-corrected chi connectivity index (χ4v) is 1.46. The van der Waals surface area contributed by atoms with Crippen LogP contribution in [0.3, 0.4) is 0 Å². The molecule has 0 saturated carbocycles. The molecule has 0 bridgehead atoms. The molecule has 0 atom stereocenters. The maximum Gasteiger partial charge on any atom is 0.268 e. The van der Waals surface area contributed by atoms with Gasteiger partial charge in [0.15, 0.2) is 5.78 Å². The first-order chi connectivity index (χ1) is 6.29. The SMILES string of the molecule is O=C1CCCNC(=O)c2[nH]ccc21. The van der Waals surface area contributed by atoms with E-state index in [0.29, 0.717) is 24.2 Å². The van der Waals surface area contributed by atoms with E-state index in [1.54, 1.807) is 12.3 Å². The van der Waals surface area contributed by atoms with Crippen LogP contribution in [0.1, 0.15) is 33.7 Å². The third-order valence-electron chi connectivity index (χ3n) is 2.14. The van der Waals surface area contributed by atoms with Gasteiger partial charge in [-0.05, 0) is 12.5 Å². The molecule has 0 aliphatic carbocycles. The molecule has 13 heavy (non-hydrogen) atoms.